The summed E-state index contributed by atoms with van der Waals surface area (Å²) in [5.74, 6) is 0.247. The number of nitrogens with zero attached hydrogens (tertiary/aromatic N) is 2. The van der Waals surface area contributed by atoms with E-state index in [1.807, 2.05) is 26.0 Å². The highest BCUT2D eigenvalue weighted by Gasteiger charge is 2.34. The largest absolute Gasteiger partial charge is 0.354 e. The normalized spacial score (nSPS) is 15.7. The smallest absolute Gasteiger partial charge is 0.226 e. The quantitative estimate of drug-likeness (QED) is 0.922. The second-order valence-electron chi connectivity index (χ2n) is 5.37. The summed E-state index contributed by atoms with van der Waals surface area (Å²) in [7, 11) is 0. The predicted molar refractivity (Wildman–Crippen MR) is 86.3 cm³/mol. The topological polar surface area (TPSA) is 45.2 Å². The van der Waals surface area contributed by atoms with Crippen LogP contribution in [0.2, 0.25) is 0 Å². The minimum atomic E-state index is 0.0937. The van der Waals surface area contributed by atoms with Crippen LogP contribution in [0.4, 0.5) is 5.13 Å². The van der Waals surface area contributed by atoms with Gasteiger partial charge in [0.15, 0.2) is 5.13 Å². The van der Waals surface area contributed by atoms with Gasteiger partial charge in [0.05, 0.1) is 16.1 Å². The fraction of sp³-hybridized carbons (Fsp3) is 0.429. The van der Waals surface area contributed by atoms with E-state index in [-0.39, 0.29) is 17.9 Å². The average molecular weight is 354 g/mol. The maximum atomic E-state index is 11.9. The zero-order chi connectivity index (χ0) is 14.3. The summed E-state index contributed by atoms with van der Waals surface area (Å²) in [5.41, 5.74) is 1.02. The maximum Gasteiger partial charge on any atom is 0.226 e. The van der Waals surface area contributed by atoms with Crippen molar-refractivity contribution in [3.63, 3.8) is 0 Å². The van der Waals surface area contributed by atoms with Gasteiger partial charge in [-0.05, 0) is 32.0 Å². The number of rotatable bonds is 3. The molecule has 2 aromatic rings. The number of anilines is 1. The molecule has 1 aliphatic rings. The molecule has 0 atom stereocenters. The first-order valence-electron chi connectivity index (χ1n) is 6.64. The number of carbonyl (C=O) groups excluding carboxylic acids is 1. The third-order valence-corrected chi connectivity index (χ3v) is 4.87. The number of thiazole rings is 1. The summed E-state index contributed by atoms with van der Waals surface area (Å²) < 4.78 is 2.24. The molecule has 1 aliphatic heterocycles. The van der Waals surface area contributed by atoms with Crippen LogP contribution in [0, 0.1) is 5.92 Å². The molecule has 6 heteroatoms. The molecule has 2 heterocycles. The Morgan fingerprint density at radius 2 is 2.25 bits per heavy atom. The lowest BCUT2D eigenvalue weighted by Gasteiger charge is -2.38. The monoisotopic (exact) mass is 353 g/mol. The number of carbonyl (C=O) groups is 1. The van der Waals surface area contributed by atoms with Crippen LogP contribution in [0.5, 0.6) is 0 Å². The van der Waals surface area contributed by atoms with Crippen LogP contribution in [0.3, 0.4) is 0 Å². The van der Waals surface area contributed by atoms with Gasteiger partial charge in [-0.25, -0.2) is 4.98 Å². The minimum Gasteiger partial charge on any atom is -0.354 e. The number of hydrogen-bond acceptors (Lipinski definition) is 4. The molecule has 1 N–H and O–H groups in total. The van der Waals surface area contributed by atoms with E-state index in [2.05, 4.69) is 37.2 Å². The third-order valence-electron chi connectivity index (χ3n) is 3.29. The van der Waals surface area contributed by atoms with Crippen molar-refractivity contribution in [2.45, 2.75) is 19.9 Å². The van der Waals surface area contributed by atoms with Crippen molar-refractivity contribution in [1.29, 1.82) is 0 Å². The van der Waals surface area contributed by atoms with E-state index < -0.39 is 0 Å². The van der Waals surface area contributed by atoms with E-state index in [9.17, 15) is 4.79 Å². The number of aromatic nitrogens is 1. The lowest BCUT2D eigenvalue weighted by atomic mass is 10.00. The van der Waals surface area contributed by atoms with Crippen molar-refractivity contribution in [1.82, 2.24) is 10.3 Å². The molecule has 0 saturated carbocycles. The van der Waals surface area contributed by atoms with Crippen molar-refractivity contribution < 1.29 is 4.79 Å². The molecule has 4 nitrogen and oxygen atoms in total. The Balaban J connectivity index is 1.68. The number of amides is 1. The van der Waals surface area contributed by atoms with Gasteiger partial charge in [0.2, 0.25) is 5.91 Å². The van der Waals surface area contributed by atoms with Gasteiger partial charge in [-0.1, -0.05) is 27.3 Å². The summed E-state index contributed by atoms with van der Waals surface area (Å²) in [6.45, 7) is 5.50. The number of benzene rings is 1. The number of halogens is 1. The number of nitrogens with one attached hydrogen (secondary N) is 1. The summed E-state index contributed by atoms with van der Waals surface area (Å²) >= 11 is 5.15. The van der Waals surface area contributed by atoms with Gasteiger partial charge in [0.25, 0.3) is 0 Å². The van der Waals surface area contributed by atoms with E-state index in [0.717, 1.165) is 28.2 Å². The predicted octanol–water partition coefficient (Wildman–Crippen LogP) is 3.02. The van der Waals surface area contributed by atoms with Crippen LogP contribution in [0.25, 0.3) is 10.2 Å². The van der Waals surface area contributed by atoms with Crippen LogP contribution < -0.4 is 10.2 Å². The Bertz CT molecular complexity index is 649. The lowest BCUT2D eigenvalue weighted by molar-refractivity contribution is -0.126. The van der Waals surface area contributed by atoms with Gasteiger partial charge in [-0.15, -0.1) is 0 Å². The van der Waals surface area contributed by atoms with Crippen LogP contribution in [-0.4, -0.2) is 30.0 Å². The Kier molecular flexibility index (Phi) is 3.69. The van der Waals surface area contributed by atoms with Gasteiger partial charge in [-0.2, -0.15) is 0 Å². The molecule has 1 aromatic carbocycles. The SMILES string of the molecule is CC(C)NC(=O)C1CN(c2nc3ccc(Br)cc3s2)C1. The van der Waals surface area contributed by atoms with Gasteiger partial charge >= 0.3 is 0 Å². The highest BCUT2D eigenvalue weighted by atomic mass is 79.9. The second kappa shape index (κ2) is 5.33. The molecule has 1 aromatic heterocycles. The average Bonchev–Trinajstić information content (AvgIpc) is 2.68. The van der Waals surface area contributed by atoms with Crippen LogP contribution in [0.1, 0.15) is 13.8 Å². The Morgan fingerprint density at radius 3 is 2.95 bits per heavy atom. The highest BCUT2D eigenvalue weighted by molar-refractivity contribution is 9.10. The molecular formula is C14H16BrN3OS. The highest BCUT2D eigenvalue weighted by Crippen LogP contribution is 2.34. The van der Waals surface area contributed by atoms with Crippen LogP contribution in [0.15, 0.2) is 22.7 Å². The second-order valence-corrected chi connectivity index (χ2v) is 7.30. The first kappa shape index (κ1) is 13.8. The summed E-state index contributed by atoms with van der Waals surface area (Å²) in [6.07, 6.45) is 0. The summed E-state index contributed by atoms with van der Waals surface area (Å²) in [6, 6.07) is 6.30. The molecule has 0 spiro atoms. The maximum absolute atomic E-state index is 11.9. The molecule has 0 unspecified atom stereocenters. The van der Waals surface area contributed by atoms with E-state index >= 15 is 0 Å². The Labute approximate surface area is 130 Å². The molecule has 0 bridgehead atoms. The summed E-state index contributed by atoms with van der Waals surface area (Å²) in [4.78, 5) is 18.7. The molecule has 3 rings (SSSR count). The molecule has 0 radical (unpaired) electrons. The Hall–Kier alpha value is -1.14. The molecular weight excluding hydrogens is 338 g/mol. The minimum absolute atomic E-state index is 0.0937. The zero-order valence-electron chi connectivity index (χ0n) is 11.4. The van der Waals surface area contributed by atoms with Crippen molar-refractivity contribution in [2.75, 3.05) is 18.0 Å². The van der Waals surface area contributed by atoms with Gasteiger partial charge in [-0.3, -0.25) is 4.79 Å². The molecule has 1 fully saturated rings. The standard InChI is InChI=1S/C14H16BrN3OS/c1-8(2)16-13(19)9-6-18(7-9)14-17-11-4-3-10(15)5-12(11)20-14/h3-5,8-9H,6-7H2,1-2H3,(H,16,19). The van der Waals surface area contributed by atoms with E-state index in [1.165, 1.54) is 4.70 Å². The molecule has 1 amide bonds. The van der Waals surface area contributed by atoms with E-state index in [1.54, 1.807) is 11.3 Å². The fourth-order valence-corrected chi connectivity index (χ4v) is 3.76. The van der Waals surface area contributed by atoms with Crippen LogP contribution >= 0.6 is 27.3 Å². The van der Waals surface area contributed by atoms with Gasteiger partial charge in [0, 0.05) is 23.6 Å². The number of fused-ring (bicyclic) bond motifs is 1. The Morgan fingerprint density at radius 1 is 1.50 bits per heavy atom. The molecule has 1 saturated heterocycles. The zero-order valence-corrected chi connectivity index (χ0v) is 13.8. The van der Waals surface area contributed by atoms with Crippen molar-refractivity contribution in [3.05, 3.63) is 22.7 Å². The number of hydrogen-bond donors (Lipinski definition) is 1. The van der Waals surface area contributed by atoms with Gasteiger partial charge < -0.3 is 10.2 Å². The van der Waals surface area contributed by atoms with E-state index in [4.69, 9.17) is 0 Å². The third kappa shape index (κ3) is 2.67. The van der Waals surface area contributed by atoms with Crippen molar-refractivity contribution in [2.24, 2.45) is 5.92 Å². The van der Waals surface area contributed by atoms with Gasteiger partial charge in [0.1, 0.15) is 0 Å². The lowest BCUT2D eigenvalue weighted by Crippen LogP contribution is -2.54. The van der Waals surface area contributed by atoms with E-state index in [0.29, 0.717) is 0 Å². The molecule has 20 heavy (non-hydrogen) atoms. The van der Waals surface area contributed by atoms with Crippen molar-refractivity contribution >= 4 is 48.5 Å². The fourth-order valence-electron chi connectivity index (χ4n) is 2.22. The summed E-state index contributed by atoms with van der Waals surface area (Å²) in [5, 5.41) is 3.97. The van der Waals surface area contributed by atoms with Crippen LogP contribution in [-0.2, 0) is 4.79 Å². The first-order valence-corrected chi connectivity index (χ1v) is 8.25. The molecule has 0 aliphatic carbocycles. The van der Waals surface area contributed by atoms with Crippen molar-refractivity contribution in [3.8, 4) is 0 Å². The first-order chi connectivity index (χ1) is 9.52. The molecule has 106 valence electrons.